The van der Waals surface area contributed by atoms with Crippen molar-refractivity contribution in [3.05, 3.63) is 0 Å². The van der Waals surface area contributed by atoms with Crippen LogP contribution in [-0.2, 0) is 9.59 Å². The second kappa shape index (κ2) is 7.12. The Bertz CT molecular complexity index is 384. The molecule has 114 valence electrons. The van der Waals surface area contributed by atoms with Crippen LogP contribution < -0.4 is 11.1 Å². The maximum atomic E-state index is 12.0. The molecule has 20 heavy (non-hydrogen) atoms. The van der Waals surface area contributed by atoms with E-state index in [0.717, 1.165) is 12.8 Å². The molecule has 1 aliphatic rings. The van der Waals surface area contributed by atoms with Gasteiger partial charge in [0.25, 0.3) is 0 Å². The van der Waals surface area contributed by atoms with Crippen molar-refractivity contribution in [2.24, 2.45) is 17.6 Å². The molecule has 1 aliphatic carbocycles. The van der Waals surface area contributed by atoms with Crippen molar-refractivity contribution < 1.29 is 19.5 Å². The molecular weight excluding hydrogens is 262 g/mol. The van der Waals surface area contributed by atoms with Crippen molar-refractivity contribution in [3.63, 3.8) is 0 Å². The van der Waals surface area contributed by atoms with Gasteiger partial charge >= 0.3 is 12.0 Å². The smallest absolute Gasteiger partial charge is 0.318 e. The molecule has 0 aromatic rings. The monoisotopic (exact) mass is 285 g/mol. The van der Waals surface area contributed by atoms with E-state index in [9.17, 15) is 14.4 Å². The third-order valence-corrected chi connectivity index (χ3v) is 3.70. The predicted molar refractivity (Wildman–Crippen MR) is 72.9 cm³/mol. The average molecular weight is 285 g/mol. The highest BCUT2D eigenvalue weighted by atomic mass is 16.4. The highest BCUT2D eigenvalue weighted by Crippen LogP contribution is 2.31. The minimum absolute atomic E-state index is 0.0426. The van der Waals surface area contributed by atoms with Gasteiger partial charge in [-0.1, -0.05) is 6.42 Å². The van der Waals surface area contributed by atoms with Gasteiger partial charge in [-0.05, 0) is 32.6 Å². The third-order valence-electron chi connectivity index (χ3n) is 3.70. The molecule has 4 N–H and O–H groups in total. The lowest BCUT2D eigenvalue weighted by Crippen LogP contribution is -2.49. The highest BCUT2D eigenvalue weighted by molar-refractivity contribution is 5.83. The SMILES string of the molecule is CC(C)N(CC(N)=O)C(=O)NCC1CCCC1C(=O)O. The summed E-state index contributed by atoms with van der Waals surface area (Å²) in [7, 11) is 0. The Hall–Kier alpha value is -1.79. The summed E-state index contributed by atoms with van der Waals surface area (Å²) in [6.07, 6.45) is 2.33. The summed E-state index contributed by atoms with van der Waals surface area (Å²) in [5.41, 5.74) is 5.11. The molecule has 1 fully saturated rings. The largest absolute Gasteiger partial charge is 0.481 e. The lowest BCUT2D eigenvalue weighted by molar-refractivity contribution is -0.142. The van der Waals surface area contributed by atoms with E-state index < -0.39 is 11.9 Å². The molecular formula is C13H23N3O4. The molecule has 1 saturated carbocycles. The molecule has 0 aromatic carbocycles. The van der Waals surface area contributed by atoms with Crippen LogP contribution in [0.25, 0.3) is 0 Å². The van der Waals surface area contributed by atoms with Gasteiger partial charge in [0.05, 0.1) is 5.92 Å². The van der Waals surface area contributed by atoms with E-state index in [0.29, 0.717) is 13.0 Å². The second-order valence-electron chi connectivity index (χ2n) is 5.51. The summed E-state index contributed by atoms with van der Waals surface area (Å²) in [6.45, 7) is 3.75. The zero-order valence-electron chi connectivity index (χ0n) is 12.0. The molecule has 0 radical (unpaired) electrons. The number of carboxylic acids is 1. The van der Waals surface area contributed by atoms with E-state index in [4.69, 9.17) is 10.8 Å². The van der Waals surface area contributed by atoms with Crippen LogP contribution in [0.2, 0.25) is 0 Å². The number of nitrogens with one attached hydrogen (secondary N) is 1. The van der Waals surface area contributed by atoms with Crippen molar-refractivity contribution >= 4 is 17.9 Å². The van der Waals surface area contributed by atoms with Crippen LogP contribution in [0.1, 0.15) is 33.1 Å². The van der Waals surface area contributed by atoms with Crippen molar-refractivity contribution in [3.8, 4) is 0 Å². The summed E-state index contributed by atoms with van der Waals surface area (Å²) in [5.74, 6) is -1.81. The molecule has 0 saturated heterocycles. The minimum atomic E-state index is -0.806. The van der Waals surface area contributed by atoms with Crippen molar-refractivity contribution in [1.29, 1.82) is 0 Å². The van der Waals surface area contributed by atoms with E-state index in [2.05, 4.69) is 5.32 Å². The Morgan fingerprint density at radius 3 is 2.50 bits per heavy atom. The summed E-state index contributed by atoms with van der Waals surface area (Å²) in [5, 5.41) is 11.8. The van der Waals surface area contributed by atoms with Crippen LogP contribution in [-0.4, -0.2) is 47.0 Å². The van der Waals surface area contributed by atoms with Gasteiger partial charge in [0.1, 0.15) is 6.54 Å². The maximum absolute atomic E-state index is 12.0. The third kappa shape index (κ3) is 4.40. The van der Waals surface area contributed by atoms with Gasteiger partial charge in [-0.25, -0.2) is 4.79 Å². The van der Waals surface area contributed by atoms with Gasteiger partial charge in [-0.2, -0.15) is 0 Å². The first-order chi connectivity index (χ1) is 9.32. The molecule has 2 atom stereocenters. The molecule has 0 heterocycles. The van der Waals surface area contributed by atoms with Crippen LogP contribution >= 0.6 is 0 Å². The summed E-state index contributed by atoms with van der Waals surface area (Å²) in [6, 6.07) is -0.531. The lowest BCUT2D eigenvalue weighted by Gasteiger charge is -2.26. The number of primary amides is 1. The fourth-order valence-corrected chi connectivity index (χ4v) is 2.58. The Balaban J connectivity index is 2.52. The fraction of sp³-hybridized carbons (Fsp3) is 0.769. The number of carbonyl (C=O) groups is 3. The number of carboxylic acid groups (broad SMARTS) is 1. The van der Waals surface area contributed by atoms with Crippen LogP contribution in [0.15, 0.2) is 0 Å². The average Bonchev–Trinajstić information content (AvgIpc) is 2.80. The standard InChI is InChI=1S/C13H23N3O4/c1-8(2)16(7-11(14)17)13(20)15-6-9-4-3-5-10(9)12(18)19/h8-10H,3-7H2,1-2H3,(H2,14,17)(H,15,20)(H,18,19). The molecule has 1 rings (SSSR count). The summed E-state index contributed by atoms with van der Waals surface area (Å²) < 4.78 is 0. The van der Waals surface area contributed by atoms with Crippen LogP contribution in [0.4, 0.5) is 4.79 Å². The number of urea groups is 1. The second-order valence-corrected chi connectivity index (χ2v) is 5.51. The fourth-order valence-electron chi connectivity index (χ4n) is 2.58. The number of nitrogens with zero attached hydrogens (tertiary/aromatic N) is 1. The van der Waals surface area contributed by atoms with Gasteiger partial charge in [0.2, 0.25) is 5.91 Å². The van der Waals surface area contributed by atoms with Gasteiger partial charge in [0.15, 0.2) is 0 Å². The molecule has 0 spiro atoms. The van der Waals surface area contributed by atoms with Gasteiger partial charge in [-0.3, -0.25) is 9.59 Å². The Labute approximate surface area is 118 Å². The van der Waals surface area contributed by atoms with E-state index in [1.807, 2.05) is 0 Å². The quantitative estimate of drug-likeness (QED) is 0.655. The van der Waals surface area contributed by atoms with E-state index in [-0.39, 0.29) is 30.5 Å². The Kier molecular flexibility index (Phi) is 5.79. The number of hydrogen-bond acceptors (Lipinski definition) is 3. The van der Waals surface area contributed by atoms with Crippen molar-refractivity contribution in [2.45, 2.75) is 39.2 Å². The molecule has 7 nitrogen and oxygen atoms in total. The summed E-state index contributed by atoms with van der Waals surface area (Å²) in [4.78, 5) is 35.4. The number of amides is 3. The zero-order valence-corrected chi connectivity index (χ0v) is 12.0. The van der Waals surface area contributed by atoms with Gasteiger partial charge in [-0.15, -0.1) is 0 Å². The van der Waals surface area contributed by atoms with Crippen molar-refractivity contribution in [1.82, 2.24) is 10.2 Å². The Morgan fingerprint density at radius 1 is 1.35 bits per heavy atom. The van der Waals surface area contributed by atoms with Crippen LogP contribution in [0.3, 0.4) is 0 Å². The molecule has 0 aromatic heterocycles. The van der Waals surface area contributed by atoms with E-state index >= 15 is 0 Å². The Morgan fingerprint density at radius 2 is 2.00 bits per heavy atom. The molecule has 0 bridgehead atoms. The first-order valence-corrected chi connectivity index (χ1v) is 6.88. The number of aliphatic carboxylic acids is 1. The maximum Gasteiger partial charge on any atom is 0.318 e. The topological polar surface area (TPSA) is 113 Å². The number of rotatable bonds is 6. The molecule has 3 amide bonds. The zero-order chi connectivity index (χ0) is 15.3. The van der Waals surface area contributed by atoms with E-state index in [1.54, 1.807) is 13.8 Å². The molecule has 7 heteroatoms. The first-order valence-electron chi connectivity index (χ1n) is 6.88. The predicted octanol–water partition coefficient (Wildman–Crippen LogP) is 0.393. The number of nitrogens with two attached hydrogens (primary N) is 1. The number of carbonyl (C=O) groups excluding carboxylic acids is 2. The van der Waals surface area contributed by atoms with Gasteiger partial charge < -0.3 is 21.1 Å². The number of hydrogen-bond donors (Lipinski definition) is 3. The van der Waals surface area contributed by atoms with Crippen molar-refractivity contribution in [2.75, 3.05) is 13.1 Å². The first kappa shape index (κ1) is 16.3. The normalized spacial score (nSPS) is 21.8. The van der Waals surface area contributed by atoms with Gasteiger partial charge in [0, 0.05) is 12.6 Å². The highest BCUT2D eigenvalue weighted by Gasteiger charge is 2.33. The molecule has 0 aliphatic heterocycles. The lowest BCUT2D eigenvalue weighted by atomic mass is 9.96. The minimum Gasteiger partial charge on any atom is -0.481 e. The molecule has 2 unspecified atom stereocenters. The van der Waals surface area contributed by atoms with Crippen LogP contribution in [0, 0.1) is 11.8 Å². The van der Waals surface area contributed by atoms with Crippen LogP contribution in [0.5, 0.6) is 0 Å². The summed E-state index contributed by atoms with van der Waals surface area (Å²) >= 11 is 0. The van der Waals surface area contributed by atoms with E-state index in [1.165, 1.54) is 4.90 Å².